The molecule has 0 spiro atoms. The molecule has 25 heavy (non-hydrogen) atoms. The van der Waals surface area contributed by atoms with Gasteiger partial charge in [0.05, 0.1) is 11.9 Å². The first-order chi connectivity index (χ1) is 12.0. The predicted octanol–water partition coefficient (Wildman–Crippen LogP) is 2.22. The standard InChI is InChI=1S/C17H12F2N4O2/c18-12-6-13(19)8-14(7-12)21-16(24)10-23-17(25)22-15(9-20-23)11-4-2-1-3-5-11/h1-9H,10H2,(H,21,24). The Morgan fingerprint density at radius 1 is 1.08 bits per heavy atom. The van der Waals surface area contributed by atoms with Crippen molar-refractivity contribution < 1.29 is 13.6 Å². The van der Waals surface area contributed by atoms with Gasteiger partial charge in [-0.2, -0.15) is 10.1 Å². The quantitative estimate of drug-likeness (QED) is 0.789. The maximum atomic E-state index is 13.1. The molecule has 0 aliphatic rings. The number of hydrogen-bond acceptors (Lipinski definition) is 4. The molecule has 1 aromatic heterocycles. The molecule has 126 valence electrons. The second-order valence-corrected chi connectivity index (χ2v) is 5.15. The molecule has 0 unspecified atom stereocenters. The van der Waals surface area contributed by atoms with Crippen LogP contribution in [0.15, 0.2) is 59.5 Å². The average Bonchev–Trinajstić information content (AvgIpc) is 2.56. The first kappa shape index (κ1) is 16.4. The highest BCUT2D eigenvalue weighted by Gasteiger charge is 2.10. The summed E-state index contributed by atoms with van der Waals surface area (Å²) < 4.78 is 27.1. The van der Waals surface area contributed by atoms with Crippen LogP contribution in [0.1, 0.15) is 0 Å². The van der Waals surface area contributed by atoms with E-state index in [1.165, 1.54) is 6.20 Å². The highest BCUT2D eigenvalue weighted by Crippen LogP contribution is 2.14. The second kappa shape index (κ2) is 7.00. The maximum absolute atomic E-state index is 13.1. The summed E-state index contributed by atoms with van der Waals surface area (Å²) in [5.41, 5.74) is 0.347. The van der Waals surface area contributed by atoms with Crippen LogP contribution >= 0.6 is 0 Å². The molecule has 0 atom stereocenters. The highest BCUT2D eigenvalue weighted by atomic mass is 19.1. The Kier molecular flexibility index (Phi) is 4.60. The van der Waals surface area contributed by atoms with E-state index in [9.17, 15) is 18.4 Å². The van der Waals surface area contributed by atoms with E-state index in [1.807, 2.05) is 6.07 Å². The van der Waals surface area contributed by atoms with E-state index >= 15 is 0 Å². The number of aromatic nitrogens is 3. The van der Waals surface area contributed by atoms with Crippen LogP contribution in [0.3, 0.4) is 0 Å². The molecule has 1 amide bonds. The fourth-order valence-corrected chi connectivity index (χ4v) is 2.18. The lowest BCUT2D eigenvalue weighted by Crippen LogP contribution is -2.31. The lowest BCUT2D eigenvalue weighted by Gasteiger charge is -2.07. The fourth-order valence-electron chi connectivity index (χ4n) is 2.18. The number of nitrogens with one attached hydrogen (secondary N) is 1. The van der Waals surface area contributed by atoms with Crippen LogP contribution in [0, 0.1) is 11.6 Å². The molecule has 2 aromatic carbocycles. The number of nitrogens with zero attached hydrogens (tertiary/aromatic N) is 3. The van der Waals surface area contributed by atoms with Gasteiger partial charge in [-0.1, -0.05) is 30.3 Å². The summed E-state index contributed by atoms with van der Waals surface area (Å²) in [4.78, 5) is 27.8. The number of hydrogen-bond donors (Lipinski definition) is 1. The Morgan fingerprint density at radius 3 is 2.40 bits per heavy atom. The molecule has 0 radical (unpaired) electrons. The van der Waals surface area contributed by atoms with E-state index in [0.29, 0.717) is 11.8 Å². The molecule has 0 fully saturated rings. The summed E-state index contributed by atoms with van der Waals surface area (Å²) in [6, 6.07) is 11.6. The number of carbonyl (C=O) groups excluding carboxylic acids is 1. The molecular weight excluding hydrogens is 330 g/mol. The van der Waals surface area contributed by atoms with Crippen molar-refractivity contribution in [2.75, 3.05) is 5.32 Å². The number of benzene rings is 2. The van der Waals surface area contributed by atoms with Crippen molar-refractivity contribution >= 4 is 11.6 Å². The average molecular weight is 342 g/mol. The summed E-state index contributed by atoms with van der Waals surface area (Å²) in [5, 5.41) is 6.20. The fraction of sp³-hybridized carbons (Fsp3) is 0.0588. The molecule has 0 saturated carbocycles. The molecule has 0 aliphatic carbocycles. The minimum Gasteiger partial charge on any atom is -0.324 e. The Balaban J connectivity index is 1.74. The van der Waals surface area contributed by atoms with Gasteiger partial charge in [-0.05, 0) is 12.1 Å². The Hall–Kier alpha value is -3.42. The van der Waals surface area contributed by atoms with Crippen molar-refractivity contribution in [1.29, 1.82) is 0 Å². The molecule has 8 heteroatoms. The molecular formula is C17H12F2N4O2. The molecule has 0 saturated heterocycles. The van der Waals surface area contributed by atoms with Crippen molar-refractivity contribution in [2.45, 2.75) is 6.54 Å². The first-order valence-electron chi connectivity index (χ1n) is 7.27. The zero-order chi connectivity index (χ0) is 17.8. The van der Waals surface area contributed by atoms with Crippen LogP contribution in [0.25, 0.3) is 11.3 Å². The van der Waals surface area contributed by atoms with Gasteiger partial charge in [0.1, 0.15) is 18.2 Å². The zero-order valence-corrected chi connectivity index (χ0v) is 12.8. The van der Waals surface area contributed by atoms with E-state index in [0.717, 1.165) is 22.4 Å². The third-order valence-electron chi connectivity index (χ3n) is 3.27. The molecule has 1 N–H and O–H groups in total. The van der Waals surface area contributed by atoms with Crippen LogP contribution in [-0.4, -0.2) is 20.7 Å². The number of rotatable bonds is 4. The van der Waals surface area contributed by atoms with Gasteiger partial charge in [0.25, 0.3) is 0 Å². The number of anilines is 1. The zero-order valence-electron chi connectivity index (χ0n) is 12.8. The topological polar surface area (TPSA) is 76.9 Å². The van der Waals surface area contributed by atoms with Crippen LogP contribution in [0.2, 0.25) is 0 Å². The van der Waals surface area contributed by atoms with Crippen LogP contribution in [0.4, 0.5) is 14.5 Å². The van der Waals surface area contributed by atoms with E-state index in [-0.39, 0.29) is 5.69 Å². The van der Waals surface area contributed by atoms with E-state index < -0.39 is 29.8 Å². The Bertz CT molecular complexity index is 954. The van der Waals surface area contributed by atoms with Crippen molar-refractivity contribution in [3.05, 3.63) is 76.8 Å². The predicted molar refractivity (Wildman–Crippen MR) is 86.7 cm³/mol. The molecule has 0 bridgehead atoms. The molecule has 0 aliphatic heterocycles. The van der Waals surface area contributed by atoms with E-state index in [1.54, 1.807) is 24.3 Å². The van der Waals surface area contributed by atoms with Gasteiger partial charge in [0.2, 0.25) is 5.91 Å². The highest BCUT2D eigenvalue weighted by molar-refractivity contribution is 5.90. The summed E-state index contributed by atoms with van der Waals surface area (Å²) in [6.07, 6.45) is 1.37. The van der Waals surface area contributed by atoms with Crippen LogP contribution < -0.4 is 11.0 Å². The van der Waals surface area contributed by atoms with Crippen LogP contribution in [-0.2, 0) is 11.3 Å². The summed E-state index contributed by atoms with van der Waals surface area (Å²) in [5.74, 6) is -2.30. The minimum absolute atomic E-state index is 0.0515. The van der Waals surface area contributed by atoms with Gasteiger partial charge in [-0.3, -0.25) is 4.79 Å². The van der Waals surface area contributed by atoms with Gasteiger partial charge in [0, 0.05) is 17.3 Å². The van der Waals surface area contributed by atoms with Gasteiger partial charge < -0.3 is 5.32 Å². The van der Waals surface area contributed by atoms with Crippen molar-refractivity contribution in [3.63, 3.8) is 0 Å². The lowest BCUT2D eigenvalue weighted by atomic mass is 10.2. The number of amides is 1. The summed E-state index contributed by atoms with van der Waals surface area (Å²) >= 11 is 0. The SMILES string of the molecule is O=C(Cn1ncc(-c2ccccc2)nc1=O)Nc1cc(F)cc(F)c1. The Labute approximate surface area is 140 Å². The van der Waals surface area contributed by atoms with Crippen molar-refractivity contribution in [1.82, 2.24) is 14.8 Å². The summed E-state index contributed by atoms with van der Waals surface area (Å²) in [7, 11) is 0. The van der Waals surface area contributed by atoms with E-state index in [4.69, 9.17) is 0 Å². The van der Waals surface area contributed by atoms with Crippen molar-refractivity contribution in [3.8, 4) is 11.3 Å². The van der Waals surface area contributed by atoms with Gasteiger partial charge in [-0.25, -0.2) is 18.3 Å². The van der Waals surface area contributed by atoms with E-state index in [2.05, 4.69) is 15.4 Å². The smallest absolute Gasteiger partial charge is 0.324 e. The molecule has 3 aromatic rings. The minimum atomic E-state index is -0.820. The Morgan fingerprint density at radius 2 is 1.76 bits per heavy atom. The van der Waals surface area contributed by atoms with Gasteiger partial charge in [0.15, 0.2) is 0 Å². The van der Waals surface area contributed by atoms with Crippen LogP contribution in [0.5, 0.6) is 0 Å². The van der Waals surface area contributed by atoms with Crippen molar-refractivity contribution in [2.24, 2.45) is 0 Å². The normalized spacial score (nSPS) is 10.5. The molecule has 3 rings (SSSR count). The monoisotopic (exact) mass is 342 g/mol. The summed E-state index contributed by atoms with van der Waals surface area (Å²) in [6.45, 7) is -0.432. The number of carbonyl (C=O) groups is 1. The first-order valence-corrected chi connectivity index (χ1v) is 7.27. The largest absolute Gasteiger partial charge is 0.365 e. The van der Waals surface area contributed by atoms with Gasteiger partial charge in [-0.15, -0.1) is 0 Å². The lowest BCUT2D eigenvalue weighted by molar-refractivity contribution is -0.117. The third kappa shape index (κ3) is 4.11. The van der Waals surface area contributed by atoms with Gasteiger partial charge >= 0.3 is 5.69 Å². The number of halogens is 2. The second-order valence-electron chi connectivity index (χ2n) is 5.15. The third-order valence-corrected chi connectivity index (χ3v) is 3.27. The molecule has 1 heterocycles. The maximum Gasteiger partial charge on any atom is 0.365 e. The molecule has 6 nitrogen and oxygen atoms in total.